The predicted octanol–water partition coefficient (Wildman–Crippen LogP) is 1.94. The van der Waals surface area contributed by atoms with Gasteiger partial charge in [-0.15, -0.1) is 11.3 Å². The fraction of sp³-hybridized carbons (Fsp3) is 0.706. The topological polar surface area (TPSA) is 60.9 Å². The Morgan fingerprint density at radius 2 is 1.88 bits per heavy atom. The highest BCUT2D eigenvalue weighted by Gasteiger charge is 2.35. The Kier molecular flexibility index (Phi) is 6.14. The van der Waals surface area contributed by atoms with Gasteiger partial charge in [0.2, 0.25) is 5.91 Å². The first-order valence-corrected chi connectivity index (χ1v) is 11.3. The lowest BCUT2D eigenvalue weighted by atomic mass is 9.96. The molecule has 0 atom stereocenters. The molecule has 2 heterocycles. The number of hydrogen-bond acceptors (Lipinski definition) is 4. The molecule has 3 rings (SSSR count). The van der Waals surface area contributed by atoms with Gasteiger partial charge in [0, 0.05) is 44.1 Å². The van der Waals surface area contributed by atoms with E-state index in [2.05, 4.69) is 0 Å². The highest BCUT2D eigenvalue weighted by molar-refractivity contribution is 7.86. The lowest BCUT2D eigenvalue weighted by Crippen LogP contribution is -2.55. The first kappa shape index (κ1) is 18.8. The van der Waals surface area contributed by atoms with E-state index in [4.69, 9.17) is 0 Å². The summed E-state index contributed by atoms with van der Waals surface area (Å²) in [5.41, 5.74) is 0. The van der Waals surface area contributed by atoms with Crippen molar-refractivity contribution in [1.82, 2.24) is 13.5 Å². The number of carbonyl (C=O) groups excluding carboxylic acids is 1. The number of amides is 1. The normalized spacial score (nSPS) is 21.0. The molecule has 0 spiro atoms. The quantitative estimate of drug-likeness (QED) is 0.778. The third-order valence-corrected chi connectivity index (χ3v) is 8.20. The number of carbonyl (C=O) groups is 1. The summed E-state index contributed by atoms with van der Waals surface area (Å²) in [5.74, 6) is 0.0835. The van der Waals surface area contributed by atoms with E-state index in [1.165, 1.54) is 10.7 Å². The van der Waals surface area contributed by atoms with E-state index in [0.29, 0.717) is 32.6 Å². The van der Waals surface area contributed by atoms with Crippen molar-refractivity contribution in [2.24, 2.45) is 0 Å². The Bertz CT molecular complexity index is 661. The van der Waals surface area contributed by atoms with Crippen LogP contribution >= 0.6 is 11.3 Å². The molecule has 1 saturated carbocycles. The highest BCUT2D eigenvalue weighted by atomic mass is 32.2. The summed E-state index contributed by atoms with van der Waals surface area (Å²) in [5, 5.41) is 1.97. The zero-order valence-corrected chi connectivity index (χ0v) is 16.4. The Morgan fingerprint density at radius 1 is 1.20 bits per heavy atom. The molecular formula is C17H27N3O3S2. The van der Waals surface area contributed by atoms with Gasteiger partial charge in [-0.2, -0.15) is 17.0 Å². The Hall–Kier alpha value is -0.960. The summed E-state index contributed by atoms with van der Waals surface area (Å²) in [4.78, 5) is 15.2. The average molecular weight is 386 g/mol. The summed E-state index contributed by atoms with van der Waals surface area (Å²) >= 11 is 1.58. The molecule has 1 aliphatic carbocycles. The minimum absolute atomic E-state index is 0.0835. The van der Waals surface area contributed by atoms with Crippen LogP contribution in [0.2, 0.25) is 0 Å². The van der Waals surface area contributed by atoms with Gasteiger partial charge >= 0.3 is 0 Å². The summed E-state index contributed by atoms with van der Waals surface area (Å²) in [6.07, 6.45) is 5.73. The monoisotopic (exact) mass is 385 g/mol. The van der Waals surface area contributed by atoms with Gasteiger partial charge in [-0.25, -0.2) is 0 Å². The molecule has 0 aromatic carbocycles. The van der Waals surface area contributed by atoms with Crippen LogP contribution in [0.4, 0.5) is 0 Å². The van der Waals surface area contributed by atoms with Crippen LogP contribution < -0.4 is 0 Å². The van der Waals surface area contributed by atoms with Crippen molar-refractivity contribution in [2.75, 3.05) is 33.2 Å². The fourth-order valence-electron chi connectivity index (χ4n) is 3.66. The van der Waals surface area contributed by atoms with Gasteiger partial charge in [-0.1, -0.05) is 25.3 Å². The first-order valence-electron chi connectivity index (χ1n) is 9.02. The minimum Gasteiger partial charge on any atom is -0.340 e. The second kappa shape index (κ2) is 8.16. The van der Waals surface area contributed by atoms with Crippen LogP contribution in [-0.4, -0.2) is 67.1 Å². The zero-order valence-electron chi connectivity index (χ0n) is 14.8. The van der Waals surface area contributed by atoms with Gasteiger partial charge in [0.1, 0.15) is 0 Å². The van der Waals surface area contributed by atoms with Gasteiger partial charge in [0.05, 0.1) is 6.42 Å². The van der Waals surface area contributed by atoms with Gasteiger partial charge in [-0.05, 0) is 24.3 Å². The Morgan fingerprint density at radius 3 is 2.48 bits per heavy atom. The lowest BCUT2D eigenvalue weighted by molar-refractivity contribution is -0.131. The molecule has 0 radical (unpaired) electrons. The Balaban J connectivity index is 1.54. The number of hydrogen-bond donors (Lipinski definition) is 0. The lowest BCUT2D eigenvalue weighted by Gasteiger charge is -2.38. The van der Waals surface area contributed by atoms with Crippen LogP contribution in [-0.2, 0) is 21.4 Å². The SMILES string of the molecule is CN(C1CCCCC1)S(=O)(=O)N1CCN(C(=O)Cc2cccs2)CC1. The molecule has 0 unspecified atom stereocenters. The van der Waals surface area contributed by atoms with Crippen LogP contribution in [0.3, 0.4) is 0 Å². The van der Waals surface area contributed by atoms with Crippen LogP contribution in [0.5, 0.6) is 0 Å². The maximum atomic E-state index is 12.9. The number of piperazine rings is 1. The molecule has 1 aromatic heterocycles. The fourth-order valence-corrected chi connectivity index (χ4v) is 5.93. The number of rotatable bonds is 5. The van der Waals surface area contributed by atoms with Gasteiger partial charge < -0.3 is 4.90 Å². The van der Waals surface area contributed by atoms with Crippen LogP contribution in [0.15, 0.2) is 17.5 Å². The average Bonchev–Trinajstić information content (AvgIpc) is 3.15. The summed E-state index contributed by atoms with van der Waals surface area (Å²) < 4.78 is 28.8. The van der Waals surface area contributed by atoms with Crippen LogP contribution in [0, 0.1) is 0 Å². The molecule has 6 nitrogen and oxygen atoms in total. The van der Waals surface area contributed by atoms with E-state index < -0.39 is 10.2 Å². The van der Waals surface area contributed by atoms with Crippen molar-refractivity contribution in [2.45, 2.75) is 44.6 Å². The third-order valence-electron chi connectivity index (χ3n) is 5.28. The van der Waals surface area contributed by atoms with E-state index in [-0.39, 0.29) is 11.9 Å². The van der Waals surface area contributed by atoms with Gasteiger partial charge in [0.15, 0.2) is 0 Å². The molecule has 0 N–H and O–H groups in total. The van der Waals surface area contributed by atoms with Crippen molar-refractivity contribution < 1.29 is 13.2 Å². The molecule has 25 heavy (non-hydrogen) atoms. The maximum absolute atomic E-state index is 12.9. The van der Waals surface area contributed by atoms with Gasteiger partial charge in [-0.3, -0.25) is 4.79 Å². The highest BCUT2D eigenvalue weighted by Crippen LogP contribution is 2.25. The molecule has 1 amide bonds. The maximum Gasteiger partial charge on any atom is 0.282 e. The number of thiophene rings is 1. The van der Waals surface area contributed by atoms with Crippen LogP contribution in [0.1, 0.15) is 37.0 Å². The molecule has 140 valence electrons. The van der Waals surface area contributed by atoms with Crippen molar-refractivity contribution >= 4 is 27.5 Å². The van der Waals surface area contributed by atoms with Crippen molar-refractivity contribution in [3.05, 3.63) is 22.4 Å². The molecule has 1 aliphatic heterocycles. The molecule has 1 saturated heterocycles. The molecular weight excluding hydrogens is 358 g/mol. The predicted molar refractivity (Wildman–Crippen MR) is 99.7 cm³/mol. The summed E-state index contributed by atoms with van der Waals surface area (Å²) in [7, 11) is -1.72. The standard InChI is InChI=1S/C17H27N3O3S2/c1-18(15-6-3-2-4-7-15)25(22,23)20-11-9-19(10-12-20)17(21)14-16-8-5-13-24-16/h5,8,13,15H,2-4,6-7,9-12,14H2,1H3. The van der Waals surface area contributed by atoms with Crippen molar-refractivity contribution in [3.8, 4) is 0 Å². The molecule has 8 heteroatoms. The second-order valence-electron chi connectivity index (χ2n) is 6.85. The van der Waals surface area contributed by atoms with Crippen molar-refractivity contribution in [1.29, 1.82) is 0 Å². The van der Waals surface area contributed by atoms with Gasteiger partial charge in [0.25, 0.3) is 10.2 Å². The molecule has 2 aliphatic rings. The molecule has 1 aromatic rings. The Labute approximate surface area is 154 Å². The molecule has 0 bridgehead atoms. The second-order valence-corrected chi connectivity index (χ2v) is 9.87. The minimum atomic E-state index is -3.43. The summed E-state index contributed by atoms with van der Waals surface area (Å²) in [6.45, 7) is 1.72. The van der Waals surface area contributed by atoms with Crippen LogP contribution in [0.25, 0.3) is 0 Å². The van der Waals surface area contributed by atoms with E-state index in [1.54, 1.807) is 27.6 Å². The van der Waals surface area contributed by atoms with E-state index in [0.717, 1.165) is 30.6 Å². The smallest absolute Gasteiger partial charge is 0.282 e. The largest absolute Gasteiger partial charge is 0.340 e. The van der Waals surface area contributed by atoms with E-state index in [9.17, 15) is 13.2 Å². The molecule has 2 fully saturated rings. The zero-order chi connectivity index (χ0) is 17.9. The van der Waals surface area contributed by atoms with E-state index in [1.807, 2.05) is 17.5 Å². The van der Waals surface area contributed by atoms with E-state index >= 15 is 0 Å². The number of nitrogens with zero attached hydrogens (tertiary/aromatic N) is 3. The third kappa shape index (κ3) is 4.42. The summed E-state index contributed by atoms with van der Waals surface area (Å²) in [6, 6.07) is 4.03. The first-order chi connectivity index (χ1) is 12.0. The van der Waals surface area contributed by atoms with Crippen molar-refractivity contribution in [3.63, 3.8) is 0 Å².